The van der Waals surface area contributed by atoms with Crippen LogP contribution in [0.3, 0.4) is 0 Å². The van der Waals surface area contributed by atoms with E-state index in [0.29, 0.717) is 36.4 Å². The van der Waals surface area contributed by atoms with Gasteiger partial charge in [-0.2, -0.15) is 0 Å². The smallest absolute Gasteiger partial charge is 0.254 e. The molecule has 0 saturated carbocycles. The molecule has 2 aromatic rings. The Balaban J connectivity index is 1.73. The molecule has 1 saturated heterocycles. The highest BCUT2D eigenvalue weighted by Gasteiger charge is 2.37. The molecule has 6 nitrogen and oxygen atoms in total. The molecule has 0 aromatic heterocycles. The monoisotopic (exact) mass is 445 g/mol. The number of methoxy groups -OCH3 is 1. The summed E-state index contributed by atoms with van der Waals surface area (Å²) < 4.78 is 36.1. The van der Waals surface area contributed by atoms with Gasteiger partial charge in [-0.1, -0.05) is 36.8 Å². The molecule has 31 heavy (non-hydrogen) atoms. The molecule has 2 unspecified atom stereocenters. The molecule has 1 fully saturated rings. The summed E-state index contributed by atoms with van der Waals surface area (Å²) in [5.74, 6) is 0.710. The van der Waals surface area contributed by atoms with Crippen molar-refractivity contribution in [3.8, 4) is 5.75 Å². The van der Waals surface area contributed by atoms with Gasteiger partial charge in [-0.3, -0.25) is 4.79 Å². The van der Waals surface area contributed by atoms with Crippen molar-refractivity contribution in [3.05, 3.63) is 64.7 Å². The Kier molecular flexibility index (Phi) is 7.38. The molecular weight excluding hydrogens is 414 g/mol. The van der Waals surface area contributed by atoms with Crippen molar-refractivity contribution < 1.29 is 22.7 Å². The molecule has 0 bridgehead atoms. The second kappa shape index (κ2) is 9.83. The predicted octanol–water partition coefficient (Wildman–Crippen LogP) is 3.55. The summed E-state index contributed by atoms with van der Waals surface area (Å²) in [5.41, 5.74) is 3.37. The van der Waals surface area contributed by atoms with Crippen LogP contribution >= 0.6 is 0 Å². The van der Waals surface area contributed by atoms with Gasteiger partial charge >= 0.3 is 0 Å². The lowest BCUT2D eigenvalue weighted by atomic mass is 10.0. The quantitative estimate of drug-likeness (QED) is 0.621. The highest BCUT2D eigenvalue weighted by molar-refractivity contribution is 7.90. The number of hydrogen-bond acceptors (Lipinski definition) is 5. The first kappa shape index (κ1) is 23.3. The number of carbonyl (C=O) groups excluding carboxylic acids is 1. The van der Waals surface area contributed by atoms with Gasteiger partial charge < -0.3 is 14.4 Å². The lowest BCUT2D eigenvalue weighted by Gasteiger charge is -2.19. The fourth-order valence-corrected chi connectivity index (χ4v) is 5.36. The molecule has 1 amide bonds. The van der Waals surface area contributed by atoms with Crippen molar-refractivity contribution in [1.82, 2.24) is 4.90 Å². The van der Waals surface area contributed by atoms with Crippen LogP contribution in [0.4, 0.5) is 0 Å². The van der Waals surface area contributed by atoms with Crippen LogP contribution in [0.15, 0.2) is 42.5 Å². The van der Waals surface area contributed by atoms with E-state index < -0.39 is 9.84 Å². The lowest BCUT2D eigenvalue weighted by Crippen LogP contribution is -2.32. The van der Waals surface area contributed by atoms with Crippen molar-refractivity contribution in [1.29, 1.82) is 0 Å². The van der Waals surface area contributed by atoms with Gasteiger partial charge in [0.2, 0.25) is 0 Å². The van der Waals surface area contributed by atoms with Crippen LogP contribution in [0.2, 0.25) is 0 Å². The number of benzene rings is 2. The zero-order valence-electron chi connectivity index (χ0n) is 18.6. The predicted molar refractivity (Wildman–Crippen MR) is 121 cm³/mol. The number of sulfone groups is 1. The van der Waals surface area contributed by atoms with E-state index in [-0.39, 0.29) is 29.6 Å². The van der Waals surface area contributed by atoms with E-state index in [2.05, 4.69) is 0 Å². The first-order chi connectivity index (χ1) is 14.7. The molecule has 0 radical (unpaired) electrons. The Morgan fingerprint density at radius 3 is 2.55 bits per heavy atom. The van der Waals surface area contributed by atoms with Crippen molar-refractivity contribution in [2.45, 2.75) is 45.2 Å². The van der Waals surface area contributed by atoms with Gasteiger partial charge in [0.1, 0.15) is 18.0 Å². The van der Waals surface area contributed by atoms with Crippen LogP contribution in [-0.2, 0) is 20.3 Å². The summed E-state index contributed by atoms with van der Waals surface area (Å²) in [5, 5.41) is 0. The van der Waals surface area contributed by atoms with Crippen LogP contribution < -0.4 is 4.74 Å². The SMILES string of the molecule is CCCS(=O)(=O)Cc1cccc(OC2CN(C(=O)c3cc(C)ccc3C)CC2OC)c1. The van der Waals surface area contributed by atoms with E-state index in [0.717, 1.165) is 11.1 Å². The summed E-state index contributed by atoms with van der Waals surface area (Å²) in [6.07, 6.45) is 0.00327. The molecule has 1 aliphatic rings. The Bertz CT molecular complexity index is 1030. The van der Waals surface area contributed by atoms with Crippen LogP contribution in [-0.4, -0.2) is 57.4 Å². The fraction of sp³-hybridized carbons (Fsp3) is 0.458. The Labute approximate surface area is 185 Å². The molecule has 2 aromatic carbocycles. The minimum atomic E-state index is -3.14. The Hall–Kier alpha value is -2.38. The highest BCUT2D eigenvalue weighted by atomic mass is 32.2. The fourth-order valence-electron chi connectivity index (χ4n) is 3.91. The molecule has 168 valence electrons. The van der Waals surface area contributed by atoms with E-state index in [4.69, 9.17) is 9.47 Å². The number of likely N-dealkylation sites (tertiary alicyclic amines) is 1. The summed E-state index contributed by atoms with van der Waals surface area (Å²) in [4.78, 5) is 14.9. The number of hydrogen-bond donors (Lipinski definition) is 0. The number of rotatable bonds is 8. The summed E-state index contributed by atoms with van der Waals surface area (Å²) >= 11 is 0. The number of amides is 1. The molecule has 0 spiro atoms. The molecule has 2 atom stereocenters. The number of aryl methyl sites for hydroxylation is 2. The molecule has 3 rings (SSSR count). The van der Waals surface area contributed by atoms with Crippen LogP contribution in [0, 0.1) is 13.8 Å². The van der Waals surface area contributed by atoms with Gasteiger partial charge in [-0.25, -0.2) is 8.42 Å². The number of ether oxygens (including phenoxy) is 2. The normalized spacial score (nSPS) is 18.9. The van der Waals surface area contributed by atoms with E-state index in [9.17, 15) is 13.2 Å². The third-order valence-electron chi connectivity index (χ3n) is 5.52. The Morgan fingerprint density at radius 2 is 1.84 bits per heavy atom. The van der Waals surface area contributed by atoms with E-state index >= 15 is 0 Å². The third-order valence-corrected chi connectivity index (χ3v) is 7.32. The minimum absolute atomic E-state index is 0.00629. The standard InChI is InChI=1S/C24H31NO5S/c1-5-11-31(27,28)16-19-7-6-8-20(13-19)30-23-15-25(14-22(23)29-4)24(26)21-12-17(2)9-10-18(21)3/h6-10,12-13,22-23H,5,11,14-16H2,1-4H3. The first-order valence-electron chi connectivity index (χ1n) is 10.6. The minimum Gasteiger partial charge on any atom is -0.486 e. The molecule has 7 heteroatoms. The van der Waals surface area contributed by atoms with Crippen molar-refractivity contribution in [2.24, 2.45) is 0 Å². The van der Waals surface area contributed by atoms with Gasteiger partial charge in [0, 0.05) is 12.7 Å². The maximum absolute atomic E-state index is 13.1. The second-order valence-electron chi connectivity index (χ2n) is 8.20. The largest absolute Gasteiger partial charge is 0.486 e. The summed E-state index contributed by atoms with van der Waals surface area (Å²) in [7, 11) is -1.52. The molecule has 1 heterocycles. The first-order valence-corrected chi connectivity index (χ1v) is 12.4. The van der Waals surface area contributed by atoms with Crippen molar-refractivity contribution in [2.75, 3.05) is 26.0 Å². The molecular formula is C24H31NO5S. The average molecular weight is 446 g/mol. The number of carbonyl (C=O) groups is 1. The second-order valence-corrected chi connectivity index (χ2v) is 10.4. The average Bonchev–Trinajstić information content (AvgIpc) is 3.12. The molecule has 0 aliphatic carbocycles. The highest BCUT2D eigenvalue weighted by Crippen LogP contribution is 2.24. The third kappa shape index (κ3) is 5.86. The van der Waals surface area contributed by atoms with Gasteiger partial charge in [0.25, 0.3) is 5.91 Å². The zero-order chi connectivity index (χ0) is 22.6. The maximum atomic E-state index is 13.1. The van der Waals surface area contributed by atoms with E-state index in [1.54, 1.807) is 36.3 Å². The van der Waals surface area contributed by atoms with Crippen molar-refractivity contribution in [3.63, 3.8) is 0 Å². The van der Waals surface area contributed by atoms with Crippen LogP contribution in [0.5, 0.6) is 5.75 Å². The van der Waals surface area contributed by atoms with Crippen molar-refractivity contribution >= 4 is 15.7 Å². The summed E-state index contributed by atoms with van der Waals surface area (Å²) in [6, 6.07) is 13.0. The molecule has 0 N–H and O–H groups in total. The van der Waals surface area contributed by atoms with Crippen LogP contribution in [0.1, 0.15) is 40.4 Å². The van der Waals surface area contributed by atoms with Gasteiger partial charge in [-0.05, 0) is 49.6 Å². The zero-order valence-corrected chi connectivity index (χ0v) is 19.4. The summed E-state index contributed by atoms with van der Waals surface area (Å²) in [6.45, 7) is 6.61. The maximum Gasteiger partial charge on any atom is 0.254 e. The van der Waals surface area contributed by atoms with Gasteiger partial charge in [-0.15, -0.1) is 0 Å². The Morgan fingerprint density at radius 1 is 1.10 bits per heavy atom. The van der Waals surface area contributed by atoms with Gasteiger partial charge in [0.05, 0.1) is 24.6 Å². The molecule has 1 aliphatic heterocycles. The lowest BCUT2D eigenvalue weighted by molar-refractivity contribution is 0.0339. The topological polar surface area (TPSA) is 72.9 Å². The van der Waals surface area contributed by atoms with E-state index in [1.165, 1.54) is 0 Å². The van der Waals surface area contributed by atoms with E-state index in [1.807, 2.05) is 39.0 Å². The van der Waals surface area contributed by atoms with Gasteiger partial charge in [0.15, 0.2) is 9.84 Å². The number of nitrogens with zero attached hydrogens (tertiary/aromatic N) is 1. The van der Waals surface area contributed by atoms with Crippen LogP contribution in [0.25, 0.3) is 0 Å².